The van der Waals surface area contributed by atoms with Crippen molar-refractivity contribution in [3.8, 4) is 0 Å². The standard InChI is InChI=1S/C13H21N3/c1-14-9-12-5-4-8-16(10-12)11-13-6-2-3-7-15-13/h2-3,6-7,12,14H,4-5,8-11H2,1H3/t12-/m0/s1. The third-order valence-corrected chi connectivity index (χ3v) is 3.21. The van der Waals surface area contributed by atoms with Crippen molar-refractivity contribution in [1.29, 1.82) is 0 Å². The summed E-state index contributed by atoms with van der Waals surface area (Å²) >= 11 is 0. The van der Waals surface area contributed by atoms with E-state index in [1.54, 1.807) is 0 Å². The number of hydrogen-bond acceptors (Lipinski definition) is 3. The second kappa shape index (κ2) is 5.97. The van der Waals surface area contributed by atoms with Gasteiger partial charge in [0.25, 0.3) is 0 Å². The molecule has 1 aromatic rings. The minimum atomic E-state index is 0.808. The van der Waals surface area contributed by atoms with Gasteiger partial charge in [0.1, 0.15) is 0 Å². The highest BCUT2D eigenvalue weighted by molar-refractivity contribution is 5.03. The van der Waals surface area contributed by atoms with Crippen molar-refractivity contribution < 1.29 is 0 Å². The number of likely N-dealkylation sites (tertiary alicyclic amines) is 1. The van der Waals surface area contributed by atoms with Gasteiger partial charge < -0.3 is 5.32 Å². The number of piperidine rings is 1. The van der Waals surface area contributed by atoms with Crippen LogP contribution in [0.1, 0.15) is 18.5 Å². The summed E-state index contributed by atoms with van der Waals surface area (Å²) in [4.78, 5) is 6.91. The van der Waals surface area contributed by atoms with Crippen molar-refractivity contribution in [2.45, 2.75) is 19.4 Å². The zero-order chi connectivity index (χ0) is 11.2. The van der Waals surface area contributed by atoms with E-state index in [2.05, 4.69) is 27.3 Å². The number of nitrogens with one attached hydrogen (secondary N) is 1. The van der Waals surface area contributed by atoms with E-state index in [1.807, 2.05) is 19.3 Å². The lowest BCUT2D eigenvalue weighted by Gasteiger charge is -2.32. The van der Waals surface area contributed by atoms with Gasteiger partial charge in [0.2, 0.25) is 0 Å². The first kappa shape index (κ1) is 11.6. The smallest absolute Gasteiger partial charge is 0.0543 e. The molecule has 1 aliphatic rings. The molecule has 2 heterocycles. The molecule has 3 heteroatoms. The van der Waals surface area contributed by atoms with E-state index in [0.29, 0.717) is 0 Å². The maximum atomic E-state index is 4.39. The van der Waals surface area contributed by atoms with Crippen LogP contribution in [0.4, 0.5) is 0 Å². The molecule has 88 valence electrons. The molecule has 0 aromatic carbocycles. The van der Waals surface area contributed by atoms with Gasteiger partial charge in [-0.15, -0.1) is 0 Å². The van der Waals surface area contributed by atoms with Gasteiger partial charge in [-0.05, 0) is 51.0 Å². The van der Waals surface area contributed by atoms with Crippen LogP contribution in [-0.4, -0.2) is 36.6 Å². The zero-order valence-electron chi connectivity index (χ0n) is 10.0. The quantitative estimate of drug-likeness (QED) is 0.832. The Balaban J connectivity index is 1.85. The SMILES string of the molecule is CNC[C@@H]1CCCN(Cc2ccccn2)C1. The fourth-order valence-corrected chi connectivity index (χ4v) is 2.47. The molecule has 1 saturated heterocycles. The van der Waals surface area contributed by atoms with Crippen LogP contribution in [0.25, 0.3) is 0 Å². The molecule has 3 nitrogen and oxygen atoms in total. The molecule has 0 radical (unpaired) electrons. The third kappa shape index (κ3) is 3.29. The van der Waals surface area contributed by atoms with E-state index in [9.17, 15) is 0 Å². The lowest BCUT2D eigenvalue weighted by atomic mass is 9.98. The molecule has 1 atom stereocenters. The second-order valence-corrected chi connectivity index (χ2v) is 4.62. The maximum Gasteiger partial charge on any atom is 0.0543 e. The van der Waals surface area contributed by atoms with E-state index in [4.69, 9.17) is 0 Å². The van der Waals surface area contributed by atoms with Gasteiger partial charge in [0.15, 0.2) is 0 Å². The number of rotatable bonds is 4. The van der Waals surface area contributed by atoms with Gasteiger partial charge in [0.05, 0.1) is 5.69 Å². The highest BCUT2D eigenvalue weighted by Gasteiger charge is 2.19. The van der Waals surface area contributed by atoms with Crippen molar-refractivity contribution in [3.05, 3.63) is 30.1 Å². The Morgan fingerprint density at radius 1 is 1.50 bits per heavy atom. The van der Waals surface area contributed by atoms with E-state index in [1.165, 1.54) is 31.6 Å². The van der Waals surface area contributed by atoms with Crippen molar-refractivity contribution in [2.75, 3.05) is 26.7 Å². The van der Waals surface area contributed by atoms with Crippen molar-refractivity contribution in [3.63, 3.8) is 0 Å². The maximum absolute atomic E-state index is 4.39. The Morgan fingerprint density at radius 3 is 3.19 bits per heavy atom. The van der Waals surface area contributed by atoms with Crippen molar-refractivity contribution in [1.82, 2.24) is 15.2 Å². The molecule has 0 bridgehead atoms. The van der Waals surface area contributed by atoms with Crippen LogP contribution in [0.3, 0.4) is 0 Å². The topological polar surface area (TPSA) is 28.2 Å². The number of pyridine rings is 1. The van der Waals surface area contributed by atoms with Crippen molar-refractivity contribution in [2.24, 2.45) is 5.92 Å². The predicted octanol–water partition coefficient (Wildman–Crippen LogP) is 1.51. The van der Waals surface area contributed by atoms with Crippen molar-refractivity contribution >= 4 is 0 Å². The summed E-state index contributed by atoms with van der Waals surface area (Å²) < 4.78 is 0. The molecular formula is C13H21N3. The molecule has 0 aliphatic carbocycles. The first-order valence-electron chi connectivity index (χ1n) is 6.15. The van der Waals surface area contributed by atoms with E-state index in [0.717, 1.165) is 19.0 Å². The Kier molecular flexibility index (Phi) is 4.31. The minimum absolute atomic E-state index is 0.808. The average molecular weight is 219 g/mol. The van der Waals surface area contributed by atoms with E-state index < -0.39 is 0 Å². The van der Waals surface area contributed by atoms with Crippen LogP contribution in [0.5, 0.6) is 0 Å². The molecule has 0 saturated carbocycles. The highest BCUT2D eigenvalue weighted by Crippen LogP contribution is 2.17. The molecule has 0 unspecified atom stereocenters. The van der Waals surface area contributed by atoms with Gasteiger partial charge >= 0.3 is 0 Å². The van der Waals surface area contributed by atoms with Gasteiger partial charge in [-0.3, -0.25) is 9.88 Å². The summed E-state index contributed by atoms with van der Waals surface area (Å²) in [6, 6.07) is 6.16. The van der Waals surface area contributed by atoms with Crippen LogP contribution in [0.2, 0.25) is 0 Å². The molecule has 0 spiro atoms. The van der Waals surface area contributed by atoms with Gasteiger partial charge in [-0.25, -0.2) is 0 Å². The molecule has 16 heavy (non-hydrogen) atoms. The third-order valence-electron chi connectivity index (χ3n) is 3.21. The molecular weight excluding hydrogens is 198 g/mol. The monoisotopic (exact) mass is 219 g/mol. The summed E-state index contributed by atoms with van der Waals surface area (Å²) in [5.74, 6) is 0.808. The van der Waals surface area contributed by atoms with E-state index in [-0.39, 0.29) is 0 Å². The summed E-state index contributed by atoms with van der Waals surface area (Å²) in [5.41, 5.74) is 1.19. The van der Waals surface area contributed by atoms with Crippen LogP contribution in [0.15, 0.2) is 24.4 Å². The molecule has 0 amide bonds. The zero-order valence-corrected chi connectivity index (χ0v) is 10.0. The summed E-state index contributed by atoms with van der Waals surface area (Å²) in [7, 11) is 2.04. The van der Waals surface area contributed by atoms with Crippen LogP contribution in [0, 0.1) is 5.92 Å². The fraction of sp³-hybridized carbons (Fsp3) is 0.615. The number of nitrogens with zero attached hydrogens (tertiary/aromatic N) is 2. The molecule has 1 aliphatic heterocycles. The molecule has 1 aromatic heterocycles. The molecule has 1 N–H and O–H groups in total. The minimum Gasteiger partial charge on any atom is -0.319 e. The second-order valence-electron chi connectivity index (χ2n) is 4.62. The Labute approximate surface area is 97.9 Å². The first-order chi connectivity index (χ1) is 7.88. The fourth-order valence-electron chi connectivity index (χ4n) is 2.47. The summed E-state index contributed by atoms with van der Waals surface area (Å²) in [6.07, 6.45) is 4.56. The highest BCUT2D eigenvalue weighted by atomic mass is 15.1. The van der Waals surface area contributed by atoms with Crippen LogP contribution < -0.4 is 5.32 Å². The Hall–Kier alpha value is -0.930. The lowest BCUT2D eigenvalue weighted by molar-refractivity contribution is 0.165. The van der Waals surface area contributed by atoms with E-state index >= 15 is 0 Å². The van der Waals surface area contributed by atoms with Crippen LogP contribution >= 0.6 is 0 Å². The first-order valence-corrected chi connectivity index (χ1v) is 6.15. The van der Waals surface area contributed by atoms with Gasteiger partial charge in [0, 0.05) is 19.3 Å². The average Bonchev–Trinajstić information content (AvgIpc) is 2.31. The van der Waals surface area contributed by atoms with Crippen LogP contribution in [-0.2, 0) is 6.54 Å². The molecule has 2 rings (SSSR count). The summed E-state index contributed by atoms with van der Waals surface area (Å²) in [5, 5.41) is 3.28. The Morgan fingerprint density at radius 2 is 2.44 bits per heavy atom. The predicted molar refractivity (Wildman–Crippen MR) is 66.2 cm³/mol. The van der Waals surface area contributed by atoms with Gasteiger partial charge in [-0.2, -0.15) is 0 Å². The normalized spacial score (nSPS) is 22.2. The number of aromatic nitrogens is 1. The lowest BCUT2D eigenvalue weighted by Crippen LogP contribution is -2.38. The summed E-state index contributed by atoms with van der Waals surface area (Å²) in [6.45, 7) is 4.56. The number of hydrogen-bond donors (Lipinski definition) is 1. The molecule has 1 fully saturated rings. The van der Waals surface area contributed by atoms with Gasteiger partial charge in [-0.1, -0.05) is 6.07 Å². The Bertz CT molecular complexity index is 297. The largest absolute Gasteiger partial charge is 0.319 e.